The predicted octanol–water partition coefficient (Wildman–Crippen LogP) is 2.47. The monoisotopic (exact) mass is 372 g/mol. The number of hydrazone groups is 1. The van der Waals surface area contributed by atoms with Gasteiger partial charge in [-0.3, -0.25) is 0 Å². The normalized spacial score (nSPS) is 11.9. The second kappa shape index (κ2) is 6.64. The summed E-state index contributed by atoms with van der Waals surface area (Å²) < 4.78 is 35.6. The molecule has 0 spiro atoms. The second-order valence-electron chi connectivity index (χ2n) is 5.73. The van der Waals surface area contributed by atoms with Gasteiger partial charge in [0.1, 0.15) is 4.90 Å². The van der Waals surface area contributed by atoms with E-state index in [1.54, 1.807) is 25.1 Å². The van der Waals surface area contributed by atoms with Gasteiger partial charge in [0.15, 0.2) is 11.3 Å². The highest BCUT2D eigenvalue weighted by molar-refractivity contribution is 7.87. The number of benzene rings is 2. The van der Waals surface area contributed by atoms with E-state index in [1.807, 2.05) is 6.92 Å². The average Bonchev–Trinajstić information content (AvgIpc) is 2.57. The molecule has 0 aliphatic carbocycles. The highest BCUT2D eigenvalue weighted by atomic mass is 32.2. The lowest BCUT2D eigenvalue weighted by molar-refractivity contribution is 0.484. The Morgan fingerprint density at radius 2 is 1.81 bits per heavy atom. The SMILES string of the molecule is Cc1ccc(S(=O)(=O)Oc2ccc3c(C)cc(=O)oc3c2/C=N/N)cc1. The number of hydrogen-bond acceptors (Lipinski definition) is 7. The Bertz CT molecular complexity index is 1160. The Labute approximate surface area is 149 Å². The van der Waals surface area contributed by atoms with E-state index in [9.17, 15) is 13.2 Å². The highest BCUT2D eigenvalue weighted by Crippen LogP contribution is 2.30. The lowest BCUT2D eigenvalue weighted by atomic mass is 10.1. The summed E-state index contributed by atoms with van der Waals surface area (Å²) in [4.78, 5) is 11.7. The predicted molar refractivity (Wildman–Crippen MR) is 98.0 cm³/mol. The van der Waals surface area contributed by atoms with Crippen molar-refractivity contribution < 1.29 is 17.0 Å². The zero-order valence-electron chi connectivity index (χ0n) is 14.1. The molecule has 0 amide bonds. The van der Waals surface area contributed by atoms with Crippen LogP contribution in [0.15, 0.2) is 61.7 Å². The van der Waals surface area contributed by atoms with Crippen molar-refractivity contribution in [2.75, 3.05) is 0 Å². The van der Waals surface area contributed by atoms with Crippen LogP contribution in [-0.2, 0) is 10.1 Å². The van der Waals surface area contributed by atoms with Crippen molar-refractivity contribution in [3.63, 3.8) is 0 Å². The first-order chi connectivity index (χ1) is 12.3. The minimum Gasteiger partial charge on any atom is -0.422 e. The molecule has 0 bridgehead atoms. The Morgan fingerprint density at radius 3 is 2.46 bits per heavy atom. The Balaban J connectivity index is 2.17. The van der Waals surface area contributed by atoms with E-state index in [1.165, 1.54) is 30.5 Å². The lowest BCUT2D eigenvalue weighted by Crippen LogP contribution is -2.12. The van der Waals surface area contributed by atoms with E-state index >= 15 is 0 Å². The zero-order valence-corrected chi connectivity index (χ0v) is 14.9. The van der Waals surface area contributed by atoms with E-state index < -0.39 is 15.7 Å². The van der Waals surface area contributed by atoms with Crippen molar-refractivity contribution in [3.8, 4) is 5.75 Å². The first-order valence-electron chi connectivity index (χ1n) is 7.64. The summed E-state index contributed by atoms with van der Waals surface area (Å²) in [6.07, 6.45) is 1.19. The third-order valence-electron chi connectivity index (χ3n) is 3.83. The molecule has 0 radical (unpaired) electrons. The van der Waals surface area contributed by atoms with Crippen LogP contribution in [0.3, 0.4) is 0 Å². The average molecular weight is 372 g/mol. The Hall–Kier alpha value is -3.13. The molecule has 3 rings (SSSR count). The molecule has 0 aliphatic heterocycles. The van der Waals surface area contributed by atoms with E-state index in [4.69, 9.17) is 14.4 Å². The van der Waals surface area contributed by atoms with Crippen LogP contribution >= 0.6 is 0 Å². The van der Waals surface area contributed by atoms with Crippen molar-refractivity contribution in [1.29, 1.82) is 0 Å². The van der Waals surface area contributed by atoms with Gasteiger partial charge < -0.3 is 14.4 Å². The number of aryl methyl sites for hydroxylation is 2. The van der Waals surface area contributed by atoms with E-state index in [-0.39, 0.29) is 21.8 Å². The maximum absolute atomic E-state index is 12.5. The smallest absolute Gasteiger partial charge is 0.339 e. The van der Waals surface area contributed by atoms with Crippen LogP contribution < -0.4 is 15.7 Å². The molecule has 134 valence electrons. The molecule has 8 heteroatoms. The number of nitrogens with zero attached hydrogens (tertiary/aromatic N) is 1. The Morgan fingerprint density at radius 1 is 1.12 bits per heavy atom. The van der Waals surface area contributed by atoms with Gasteiger partial charge in [0.05, 0.1) is 11.8 Å². The molecule has 1 aromatic heterocycles. The van der Waals surface area contributed by atoms with Crippen molar-refractivity contribution >= 4 is 27.3 Å². The lowest BCUT2D eigenvalue weighted by Gasteiger charge is -2.11. The Kier molecular flexibility index (Phi) is 4.52. The van der Waals surface area contributed by atoms with Gasteiger partial charge in [0.2, 0.25) is 0 Å². The number of rotatable bonds is 4. The molecule has 7 nitrogen and oxygen atoms in total. The van der Waals surface area contributed by atoms with Gasteiger partial charge in [-0.15, -0.1) is 0 Å². The summed E-state index contributed by atoms with van der Waals surface area (Å²) in [5.41, 5.74) is 1.35. The van der Waals surface area contributed by atoms with Gasteiger partial charge in [-0.05, 0) is 43.7 Å². The first kappa shape index (κ1) is 17.7. The number of nitrogens with two attached hydrogens (primary N) is 1. The molecule has 3 aromatic rings. The maximum atomic E-state index is 12.5. The quantitative estimate of drug-likeness (QED) is 0.247. The molecule has 0 unspecified atom stereocenters. The van der Waals surface area contributed by atoms with Gasteiger partial charge in [-0.2, -0.15) is 13.5 Å². The van der Waals surface area contributed by atoms with Crippen molar-refractivity contribution in [1.82, 2.24) is 0 Å². The van der Waals surface area contributed by atoms with Crippen LogP contribution in [0.2, 0.25) is 0 Å². The standard InChI is InChI=1S/C18H16N2O5S/c1-11-3-5-13(6-4-11)26(22,23)25-16-8-7-14-12(2)9-17(21)24-18(14)15(16)10-20-19/h3-10H,19H2,1-2H3/b20-10+. The van der Waals surface area contributed by atoms with Gasteiger partial charge >= 0.3 is 15.7 Å². The van der Waals surface area contributed by atoms with Crippen molar-refractivity contribution in [2.24, 2.45) is 10.9 Å². The molecule has 0 saturated heterocycles. The molecule has 2 N–H and O–H groups in total. The largest absolute Gasteiger partial charge is 0.422 e. The van der Waals surface area contributed by atoms with Crippen LogP contribution in [0, 0.1) is 13.8 Å². The second-order valence-corrected chi connectivity index (χ2v) is 7.28. The summed E-state index contributed by atoms with van der Waals surface area (Å²) in [5, 5.41) is 4.05. The number of hydrogen-bond donors (Lipinski definition) is 1. The first-order valence-corrected chi connectivity index (χ1v) is 9.04. The van der Waals surface area contributed by atoms with Crippen molar-refractivity contribution in [3.05, 3.63) is 69.6 Å². The van der Waals surface area contributed by atoms with E-state index in [0.717, 1.165) is 5.56 Å². The molecule has 26 heavy (non-hydrogen) atoms. The molecule has 0 atom stereocenters. The molecular weight excluding hydrogens is 356 g/mol. The van der Waals surface area contributed by atoms with E-state index in [0.29, 0.717) is 10.9 Å². The topological polar surface area (TPSA) is 112 Å². The third-order valence-corrected chi connectivity index (χ3v) is 5.08. The van der Waals surface area contributed by atoms with E-state index in [2.05, 4.69) is 5.10 Å². The molecule has 0 saturated carbocycles. The fourth-order valence-corrected chi connectivity index (χ4v) is 3.47. The summed E-state index contributed by atoms with van der Waals surface area (Å²) in [6, 6.07) is 10.7. The van der Waals surface area contributed by atoms with Gasteiger partial charge in [0.25, 0.3) is 0 Å². The van der Waals surface area contributed by atoms with Crippen LogP contribution in [0.5, 0.6) is 5.75 Å². The fraction of sp³-hybridized carbons (Fsp3) is 0.111. The van der Waals surface area contributed by atoms with Gasteiger partial charge in [0, 0.05) is 11.5 Å². The minimum absolute atomic E-state index is 0.00419. The van der Waals surface area contributed by atoms with Crippen LogP contribution in [-0.4, -0.2) is 14.6 Å². The summed E-state index contributed by atoms with van der Waals surface area (Å²) in [6.45, 7) is 3.59. The maximum Gasteiger partial charge on any atom is 0.339 e. The van der Waals surface area contributed by atoms with Crippen LogP contribution in [0.1, 0.15) is 16.7 Å². The van der Waals surface area contributed by atoms with Gasteiger partial charge in [-0.1, -0.05) is 17.7 Å². The molecule has 2 aromatic carbocycles. The zero-order chi connectivity index (χ0) is 18.9. The molecule has 0 fully saturated rings. The van der Waals surface area contributed by atoms with Crippen LogP contribution in [0.4, 0.5) is 0 Å². The third kappa shape index (κ3) is 3.31. The number of fused-ring (bicyclic) bond motifs is 1. The van der Waals surface area contributed by atoms with Crippen LogP contribution in [0.25, 0.3) is 11.0 Å². The molecular formula is C18H16N2O5S. The molecule has 0 aliphatic rings. The minimum atomic E-state index is -4.08. The summed E-state index contributed by atoms with van der Waals surface area (Å²) in [5.74, 6) is 5.19. The summed E-state index contributed by atoms with van der Waals surface area (Å²) >= 11 is 0. The van der Waals surface area contributed by atoms with Crippen molar-refractivity contribution in [2.45, 2.75) is 18.7 Å². The molecule has 1 heterocycles. The fourth-order valence-electron chi connectivity index (χ4n) is 2.53. The summed E-state index contributed by atoms with van der Waals surface area (Å²) in [7, 11) is -4.08. The highest BCUT2D eigenvalue weighted by Gasteiger charge is 2.20. The van der Waals surface area contributed by atoms with Gasteiger partial charge in [-0.25, -0.2) is 4.79 Å².